The molecule has 0 bridgehead atoms. The highest BCUT2D eigenvalue weighted by Gasteiger charge is 2.34. The van der Waals surface area contributed by atoms with E-state index in [4.69, 9.17) is 0 Å². The first-order valence-corrected chi connectivity index (χ1v) is 12.2. The number of nitrogens with zero attached hydrogens (tertiary/aromatic N) is 5. The number of H-pyrrole nitrogens is 1. The van der Waals surface area contributed by atoms with Gasteiger partial charge in [-0.1, -0.05) is 37.8 Å². The molecular formula is C25H34N6O. The maximum Gasteiger partial charge on any atom is 0.253 e. The van der Waals surface area contributed by atoms with Crippen molar-refractivity contribution in [1.29, 1.82) is 0 Å². The number of piperidine rings is 1. The molecule has 0 spiro atoms. The molecule has 2 aliphatic rings. The molecule has 170 valence electrons. The standard InChI is InChI=1S/C25H34N6O/c1-16-9-11-30(12-10-16)23(24-27-28-29-31(24)20-7-5-4-6-8-20)21-15-19-14-17(2)13-18(3)22(19)26-25(21)32/h13-16,20,23H,4-12H2,1-3H3,(H,26,32)/t23-/m1/s1. The highest BCUT2D eigenvalue weighted by atomic mass is 16.1. The van der Waals surface area contributed by atoms with E-state index in [1.807, 2.05) is 4.68 Å². The van der Waals surface area contributed by atoms with Crippen LogP contribution in [0.1, 0.15) is 86.5 Å². The lowest BCUT2D eigenvalue weighted by Gasteiger charge is -2.36. The molecule has 5 rings (SSSR count). The van der Waals surface area contributed by atoms with Crippen molar-refractivity contribution in [1.82, 2.24) is 30.1 Å². The van der Waals surface area contributed by atoms with E-state index in [2.05, 4.69) is 64.4 Å². The first kappa shape index (κ1) is 21.3. The van der Waals surface area contributed by atoms with Crippen LogP contribution in [0.25, 0.3) is 10.9 Å². The predicted molar refractivity (Wildman–Crippen MR) is 126 cm³/mol. The molecule has 3 aromatic rings. The second-order valence-corrected chi connectivity index (χ2v) is 9.99. The first-order valence-electron chi connectivity index (χ1n) is 12.2. The summed E-state index contributed by atoms with van der Waals surface area (Å²) in [7, 11) is 0. The van der Waals surface area contributed by atoms with Crippen molar-refractivity contribution in [3.63, 3.8) is 0 Å². The summed E-state index contributed by atoms with van der Waals surface area (Å²) < 4.78 is 2.03. The molecule has 1 aliphatic heterocycles. The molecule has 7 heteroatoms. The largest absolute Gasteiger partial charge is 0.321 e. The molecule has 1 saturated carbocycles. The minimum atomic E-state index is -0.228. The van der Waals surface area contributed by atoms with Crippen molar-refractivity contribution < 1.29 is 0 Å². The summed E-state index contributed by atoms with van der Waals surface area (Å²) >= 11 is 0. The van der Waals surface area contributed by atoms with Crippen LogP contribution in [-0.2, 0) is 0 Å². The van der Waals surface area contributed by atoms with E-state index in [1.54, 1.807) is 0 Å². The van der Waals surface area contributed by atoms with Crippen molar-refractivity contribution in [2.24, 2.45) is 5.92 Å². The number of hydrogen-bond acceptors (Lipinski definition) is 5. The lowest BCUT2D eigenvalue weighted by molar-refractivity contribution is 0.146. The minimum Gasteiger partial charge on any atom is -0.321 e. The van der Waals surface area contributed by atoms with Gasteiger partial charge in [-0.25, -0.2) is 4.68 Å². The fraction of sp³-hybridized carbons (Fsp3) is 0.600. The van der Waals surface area contributed by atoms with E-state index in [0.29, 0.717) is 12.0 Å². The zero-order valence-corrected chi connectivity index (χ0v) is 19.5. The van der Waals surface area contributed by atoms with Gasteiger partial charge in [-0.15, -0.1) is 5.10 Å². The van der Waals surface area contributed by atoms with E-state index >= 15 is 0 Å². The number of likely N-dealkylation sites (tertiary alicyclic amines) is 1. The van der Waals surface area contributed by atoms with Crippen molar-refractivity contribution in [3.8, 4) is 0 Å². The topological polar surface area (TPSA) is 79.7 Å². The van der Waals surface area contributed by atoms with Gasteiger partial charge in [0.15, 0.2) is 5.82 Å². The normalized spacial score (nSPS) is 20.1. The van der Waals surface area contributed by atoms with Gasteiger partial charge in [-0.2, -0.15) is 0 Å². The predicted octanol–water partition coefficient (Wildman–Crippen LogP) is 4.46. The average Bonchev–Trinajstić information content (AvgIpc) is 3.26. The highest BCUT2D eigenvalue weighted by molar-refractivity contribution is 5.83. The Balaban J connectivity index is 1.64. The Morgan fingerprint density at radius 1 is 1.03 bits per heavy atom. The Morgan fingerprint density at radius 2 is 1.78 bits per heavy atom. The van der Waals surface area contributed by atoms with Gasteiger partial charge >= 0.3 is 0 Å². The fourth-order valence-electron chi connectivity index (χ4n) is 5.66. The Morgan fingerprint density at radius 3 is 2.53 bits per heavy atom. The number of hydrogen-bond donors (Lipinski definition) is 1. The summed E-state index contributed by atoms with van der Waals surface area (Å²) in [4.78, 5) is 19.0. The van der Waals surface area contributed by atoms with Crippen molar-refractivity contribution in [2.75, 3.05) is 13.1 Å². The molecule has 2 aromatic heterocycles. The van der Waals surface area contributed by atoms with Crippen molar-refractivity contribution in [2.45, 2.75) is 77.8 Å². The minimum absolute atomic E-state index is 0.0359. The molecule has 32 heavy (non-hydrogen) atoms. The van der Waals surface area contributed by atoms with E-state index in [1.165, 1.54) is 24.8 Å². The maximum absolute atomic E-state index is 13.4. The number of rotatable bonds is 4. The second kappa shape index (κ2) is 8.77. The summed E-state index contributed by atoms with van der Waals surface area (Å²) in [6.07, 6.45) is 8.18. The number of fused-ring (bicyclic) bond motifs is 1. The van der Waals surface area contributed by atoms with Crippen LogP contribution in [0.3, 0.4) is 0 Å². The fourth-order valence-corrected chi connectivity index (χ4v) is 5.66. The molecular weight excluding hydrogens is 400 g/mol. The van der Waals surface area contributed by atoms with Crippen LogP contribution in [0, 0.1) is 19.8 Å². The highest BCUT2D eigenvalue weighted by Crippen LogP contribution is 2.35. The Bertz CT molecular complexity index is 1150. The van der Waals surface area contributed by atoms with Crippen LogP contribution in [0.2, 0.25) is 0 Å². The summed E-state index contributed by atoms with van der Waals surface area (Å²) in [5.41, 5.74) is 3.93. The smallest absolute Gasteiger partial charge is 0.253 e. The van der Waals surface area contributed by atoms with Crippen LogP contribution in [0.5, 0.6) is 0 Å². The molecule has 1 N–H and O–H groups in total. The molecule has 3 heterocycles. The van der Waals surface area contributed by atoms with Crippen LogP contribution in [0.15, 0.2) is 23.0 Å². The molecule has 0 amide bonds. The van der Waals surface area contributed by atoms with Gasteiger partial charge in [0.25, 0.3) is 5.56 Å². The number of aromatic amines is 1. The summed E-state index contributed by atoms with van der Waals surface area (Å²) in [5.74, 6) is 1.53. The molecule has 7 nitrogen and oxygen atoms in total. The van der Waals surface area contributed by atoms with Crippen LogP contribution >= 0.6 is 0 Å². The van der Waals surface area contributed by atoms with Crippen LogP contribution < -0.4 is 5.56 Å². The molecule has 1 atom stereocenters. The van der Waals surface area contributed by atoms with Crippen molar-refractivity contribution >= 4 is 10.9 Å². The summed E-state index contributed by atoms with van der Waals surface area (Å²) in [5, 5.41) is 14.1. The van der Waals surface area contributed by atoms with E-state index in [9.17, 15) is 4.79 Å². The van der Waals surface area contributed by atoms with E-state index in [-0.39, 0.29) is 11.6 Å². The summed E-state index contributed by atoms with van der Waals surface area (Å²) in [6.45, 7) is 8.37. The number of pyridine rings is 1. The zero-order valence-electron chi connectivity index (χ0n) is 19.5. The Labute approximate surface area is 189 Å². The molecule has 2 fully saturated rings. The van der Waals surface area contributed by atoms with Crippen LogP contribution in [0.4, 0.5) is 0 Å². The lowest BCUT2D eigenvalue weighted by atomic mass is 9.93. The van der Waals surface area contributed by atoms with E-state index in [0.717, 1.165) is 66.6 Å². The van der Waals surface area contributed by atoms with Gasteiger partial charge < -0.3 is 4.98 Å². The van der Waals surface area contributed by atoms with Crippen molar-refractivity contribution in [3.05, 3.63) is 51.1 Å². The zero-order chi connectivity index (χ0) is 22.2. The Kier molecular flexibility index (Phi) is 5.84. The summed E-state index contributed by atoms with van der Waals surface area (Å²) in [6, 6.07) is 6.45. The Hall–Kier alpha value is -2.54. The maximum atomic E-state index is 13.4. The van der Waals surface area contributed by atoms with Gasteiger partial charge in [0.1, 0.15) is 6.04 Å². The van der Waals surface area contributed by atoms with Gasteiger partial charge in [0.2, 0.25) is 0 Å². The van der Waals surface area contributed by atoms with Crippen LogP contribution in [-0.4, -0.2) is 43.2 Å². The van der Waals surface area contributed by atoms with Gasteiger partial charge in [-0.05, 0) is 92.0 Å². The molecule has 1 saturated heterocycles. The monoisotopic (exact) mass is 434 g/mol. The van der Waals surface area contributed by atoms with Gasteiger partial charge in [-0.3, -0.25) is 9.69 Å². The quantitative estimate of drug-likeness (QED) is 0.656. The SMILES string of the molecule is Cc1cc(C)c2[nH]c(=O)c([C@H](c3nnnn3C3CCCCC3)N3CCC(C)CC3)cc2c1. The first-order chi connectivity index (χ1) is 15.5. The molecule has 0 unspecified atom stereocenters. The molecule has 1 aromatic carbocycles. The molecule has 1 aliphatic carbocycles. The number of aromatic nitrogens is 5. The number of nitrogens with one attached hydrogen (secondary N) is 1. The third-order valence-corrected chi connectivity index (χ3v) is 7.48. The number of tetrazole rings is 1. The van der Waals surface area contributed by atoms with Gasteiger partial charge in [0, 0.05) is 5.56 Å². The number of benzene rings is 1. The van der Waals surface area contributed by atoms with Gasteiger partial charge in [0.05, 0.1) is 11.6 Å². The third-order valence-electron chi connectivity index (χ3n) is 7.48. The lowest BCUT2D eigenvalue weighted by Crippen LogP contribution is -2.40. The average molecular weight is 435 g/mol. The molecule has 0 radical (unpaired) electrons. The second-order valence-electron chi connectivity index (χ2n) is 9.99. The van der Waals surface area contributed by atoms with E-state index < -0.39 is 0 Å². The third kappa shape index (κ3) is 3.98. The number of aryl methyl sites for hydroxylation is 2.